The number of hydrogen-bond donors (Lipinski definition) is 0. The predicted octanol–water partition coefficient (Wildman–Crippen LogP) is 25.1. The second-order valence-electron chi connectivity index (χ2n) is 33.1. The molecule has 0 aliphatic carbocycles. The van der Waals surface area contributed by atoms with Gasteiger partial charge in [0.15, 0.2) is 0 Å². The Bertz CT molecular complexity index is 6340. The summed E-state index contributed by atoms with van der Waals surface area (Å²) in [6, 6.07) is 103. The van der Waals surface area contributed by atoms with Gasteiger partial charge in [0, 0.05) is 44.0 Å². The largest absolute Gasteiger partial charge is 0.308 e. The van der Waals surface area contributed by atoms with Crippen LogP contribution >= 0.6 is 0 Å². The van der Waals surface area contributed by atoms with E-state index in [9.17, 15) is 5.26 Å². The SMILES string of the molecule is CC(C)(C)c1ccc2c(c1)c1cc(C(C)(C)C)ccc1n2-c1cc(-n2c3ccc(C(C)(C)C)cc3c3cc(C(C)(C)C)ccc32)c(-c2ccc3nc4n(-c5ccccc5)c5ccc(-c6ccccc6)cc5n4c3c2)c(C#N)c1-c1ccc2nc3n(-c4ccccc4)c4ccc(-c5ccccc5)cc4n3c2c1. The number of nitrogens with zero attached hydrogens (tertiary/aromatic N) is 9. The van der Waals surface area contributed by atoms with Crippen molar-refractivity contribution in [3.05, 3.63) is 301 Å². The smallest absolute Gasteiger partial charge is 0.220 e. The van der Waals surface area contributed by atoms with Crippen LogP contribution in [0.3, 0.4) is 0 Å². The number of hydrogen-bond acceptors (Lipinski definition) is 3. The molecule has 0 saturated heterocycles. The molecular weight excluding hydrogens is 1290 g/mol. The lowest BCUT2D eigenvalue weighted by molar-refractivity contribution is 0.590. The Morgan fingerprint density at radius 3 is 0.887 bits per heavy atom. The first-order valence-electron chi connectivity index (χ1n) is 37.0. The summed E-state index contributed by atoms with van der Waals surface area (Å²) < 4.78 is 14.2. The van der Waals surface area contributed by atoms with Crippen molar-refractivity contribution in [2.75, 3.05) is 0 Å². The van der Waals surface area contributed by atoms with Gasteiger partial charge < -0.3 is 9.13 Å². The quantitative estimate of drug-likeness (QED) is 0.152. The molecule has 0 fully saturated rings. The van der Waals surface area contributed by atoms with Crippen molar-refractivity contribution in [2.45, 2.75) is 105 Å². The highest BCUT2D eigenvalue weighted by Gasteiger charge is 2.32. The second kappa shape index (κ2) is 23.2. The molecule has 0 amide bonds. The number of nitriles is 1. The molecule has 6 aromatic heterocycles. The molecule has 0 radical (unpaired) electrons. The van der Waals surface area contributed by atoms with E-state index in [0.717, 1.165) is 167 Å². The Kier molecular flexibility index (Phi) is 14.1. The first kappa shape index (κ1) is 64.3. The van der Waals surface area contributed by atoms with Crippen molar-refractivity contribution in [1.82, 2.24) is 37.0 Å². The normalized spacial score (nSPS) is 12.7. The standard InChI is InChI=1S/C97H81N9/c1-94(2,3)65-37-45-78-71(53-65)72-54-66(95(4,5)6)38-46-79(72)103(78)88-57-89(104-80-47-39-67(96(7,8)9)55-73(80)74-56-68(97(10,11)12)40-48-81(74)104)91(64-34-42-77-85(52-64)106-87-50-62(60-27-19-14-20-28-60)36-44-83(87)102(93(106)100-77)70-31-23-16-24-32-70)75(58-98)90(88)63-33-41-76-84(51-63)105-86-49-61(59-25-17-13-18-26-59)35-43-82(86)101(92(105)99-76)69-29-21-15-22-30-69/h13-57H,1-12H3. The van der Waals surface area contributed by atoms with Gasteiger partial charge >= 0.3 is 0 Å². The summed E-state index contributed by atoms with van der Waals surface area (Å²) in [7, 11) is 0. The van der Waals surface area contributed by atoms with Gasteiger partial charge in [0.2, 0.25) is 11.6 Å². The van der Waals surface area contributed by atoms with E-state index in [-0.39, 0.29) is 21.7 Å². The molecule has 0 aliphatic heterocycles. The number of imidazole rings is 4. The van der Waals surface area contributed by atoms with Gasteiger partial charge in [-0.25, -0.2) is 9.97 Å². The molecule has 0 saturated carbocycles. The average molecular weight is 1370 g/mol. The minimum Gasteiger partial charge on any atom is -0.308 e. The van der Waals surface area contributed by atoms with E-state index in [1.54, 1.807) is 0 Å². The third kappa shape index (κ3) is 10.0. The molecule has 0 aliphatic rings. The number of para-hydroxylation sites is 2. The molecule has 514 valence electrons. The Labute approximate surface area is 616 Å². The Balaban J connectivity index is 0.999. The lowest BCUT2D eigenvalue weighted by Gasteiger charge is -2.24. The Morgan fingerprint density at radius 2 is 0.566 bits per heavy atom. The maximum absolute atomic E-state index is 13.2. The van der Waals surface area contributed by atoms with E-state index >= 15 is 0 Å². The molecule has 6 heterocycles. The van der Waals surface area contributed by atoms with Crippen LogP contribution in [0, 0.1) is 11.3 Å². The summed E-state index contributed by atoms with van der Waals surface area (Å²) in [6.45, 7) is 27.6. The summed E-state index contributed by atoms with van der Waals surface area (Å²) in [5.74, 6) is 1.59. The van der Waals surface area contributed by atoms with Crippen LogP contribution in [0.5, 0.6) is 0 Å². The van der Waals surface area contributed by atoms with Crippen LogP contribution in [0.15, 0.2) is 273 Å². The zero-order valence-electron chi connectivity index (χ0n) is 62.0. The van der Waals surface area contributed by atoms with Gasteiger partial charge in [-0.1, -0.05) is 229 Å². The van der Waals surface area contributed by atoms with E-state index in [4.69, 9.17) is 9.97 Å². The second-order valence-corrected chi connectivity index (χ2v) is 33.1. The highest BCUT2D eigenvalue weighted by molar-refractivity contribution is 6.14. The molecular formula is C97H81N9. The number of aromatic nitrogens is 8. The predicted molar refractivity (Wildman–Crippen MR) is 443 cm³/mol. The lowest BCUT2D eigenvalue weighted by atomic mass is 9.85. The number of benzene rings is 13. The summed E-state index contributed by atoms with van der Waals surface area (Å²) in [5, 5.41) is 17.8. The molecule has 0 atom stereocenters. The fourth-order valence-corrected chi connectivity index (χ4v) is 16.6. The molecule has 13 aromatic carbocycles. The van der Waals surface area contributed by atoms with E-state index in [1.165, 1.54) is 22.3 Å². The van der Waals surface area contributed by atoms with Crippen molar-refractivity contribution in [2.24, 2.45) is 0 Å². The van der Waals surface area contributed by atoms with Crippen molar-refractivity contribution in [3.8, 4) is 73.3 Å². The maximum atomic E-state index is 13.2. The van der Waals surface area contributed by atoms with Crippen LogP contribution in [0.25, 0.3) is 167 Å². The van der Waals surface area contributed by atoms with Gasteiger partial charge in [-0.15, -0.1) is 0 Å². The van der Waals surface area contributed by atoms with Crippen LogP contribution in [-0.4, -0.2) is 37.0 Å². The van der Waals surface area contributed by atoms with Crippen molar-refractivity contribution in [1.29, 1.82) is 5.26 Å². The van der Waals surface area contributed by atoms with E-state index < -0.39 is 0 Å². The molecule has 0 bridgehead atoms. The third-order valence-electron chi connectivity index (χ3n) is 22.3. The van der Waals surface area contributed by atoms with Gasteiger partial charge in [0.25, 0.3) is 0 Å². The van der Waals surface area contributed by atoms with E-state index in [0.29, 0.717) is 5.56 Å². The molecule has 9 nitrogen and oxygen atoms in total. The van der Waals surface area contributed by atoms with Gasteiger partial charge in [0.1, 0.15) is 6.07 Å². The summed E-state index contributed by atoms with van der Waals surface area (Å²) in [6.07, 6.45) is 0. The molecule has 0 spiro atoms. The first-order valence-corrected chi connectivity index (χ1v) is 37.0. The number of rotatable bonds is 8. The minimum absolute atomic E-state index is 0.144. The van der Waals surface area contributed by atoms with Crippen molar-refractivity contribution >= 4 is 99.3 Å². The Morgan fingerprint density at radius 1 is 0.264 bits per heavy atom. The zero-order chi connectivity index (χ0) is 72.6. The summed E-state index contributed by atoms with van der Waals surface area (Å²) in [5.41, 5.74) is 28.3. The monoisotopic (exact) mass is 1370 g/mol. The molecule has 9 heteroatoms. The molecule has 0 N–H and O–H groups in total. The molecule has 106 heavy (non-hydrogen) atoms. The summed E-state index contributed by atoms with van der Waals surface area (Å²) >= 11 is 0. The number of fused-ring (bicyclic) bond motifs is 16. The average Bonchev–Trinajstić information content (AvgIpc) is 1.47. The molecule has 0 unspecified atom stereocenters. The highest BCUT2D eigenvalue weighted by Crippen LogP contribution is 2.50. The maximum Gasteiger partial charge on any atom is 0.220 e. The van der Waals surface area contributed by atoms with E-state index in [2.05, 4.69) is 389 Å². The van der Waals surface area contributed by atoms with E-state index in [1.807, 2.05) is 0 Å². The van der Waals surface area contributed by atoms with Gasteiger partial charge in [-0.05, 0) is 205 Å². The van der Waals surface area contributed by atoms with Crippen LogP contribution in [0.1, 0.15) is 111 Å². The van der Waals surface area contributed by atoms with Gasteiger partial charge in [-0.3, -0.25) is 17.9 Å². The highest BCUT2D eigenvalue weighted by atomic mass is 15.2. The Hall–Kier alpha value is -12.5. The topological polar surface area (TPSA) is 78.1 Å². The van der Waals surface area contributed by atoms with Crippen LogP contribution < -0.4 is 0 Å². The van der Waals surface area contributed by atoms with Crippen molar-refractivity contribution in [3.63, 3.8) is 0 Å². The first-order chi connectivity index (χ1) is 51.0. The minimum atomic E-state index is -0.144. The zero-order valence-corrected chi connectivity index (χ0v) is 62.0. The fourth-order valence-electron chi connectivity index (χ4n) is 16.6. The van der Waals surface area contributed by atoms with Crippen LogP contribution in [-0.2, 0) is 21.7 Å². The summed E-state index contributed by atoms with van der Waals surface area (Å²) in [4.78, 5) is 11.2. The molecule has 19 rings (SSSR count). The van der Waals surface area contributed by atoms with Crippen LogP contribution in [0.2, 0.25) is 0 Å². The van der Waals surface area contributed by atoms with Crippen LogP contribution in [0.4, 0.5) is 0 Å². The lowest BCUT2D eigenvalue weighted by Crippen LogP contribution is -2.11. The molecule has 19 aromatic rings. The van der Waals surface area contributed by atoms with Gasteiger partial charge in [0.05, 0.1) is 83.1 Å². The van der Waals surface area contributed by atoms with Crippen molar-refractivity contribution < 1.29 is 0 Å². The third-order valence-corrected chi connectivity index (χ3v) is 22.3. The van der Waals surface area contributed by atoms with Gasteiger partial charge in [-0.2, -0.15) is 5.26 Å². The fraction of sp³-hybridized carbons (Fsp3) is 0.165.